The molecule has 0 aromatic heterocycles. The molecule has 0 radical (unpaired) electrons. The fraction of sp³-hybridized carbons (Fsp3) is 0.303. The minimum Gasteiger partial charge on any atom is -0.443 e. The van der Waals surface area contributed by atoms with Gasteiger partial charge in [0.05, 0.1) is 38.2 Å². The van der Waals surface area contributed by atoms with Gasteiger partial charge in [-0.05, 0) is 48.6 Å². The molecule has 1 aliphatic carbocycles. The van der Waals surface area contributed by atoms with Crippen molar-refractivity contribution in [1.82, 2.24) is 4.90 Å². The summed E-state index contributed by atoms with van der Waals surface area (Å²) in [4.78, 5) is 15.6. The second-order valence-corrected chi connectivity index (χ2v) is 10.7. The summed E-state index contributed by atoms with van der Waals surface area (Å²) >= 11 is 0. The van der Waals surface area contributed by atoms with E-state index in [4.69, 9.17) is 14.2 Å². The first kappa shape index (κ1) is 26.0. The first-order valence-corrected chi connectivity index (χ1v) is 13.2. The van der Waals surface area contributed by atoms with Gasteiger partial charge in [-0.2, -0.15) is 0 Å². The molecule has 1 heterocycles. The van der Waals surface area contributed by atoms with Gasteiger partial charge in [-0.3, -0.25) is 4.90 Å². The molecule has 3 aromatic carbocycles. The Morgan fingerprint density at radius 2 is 1.34 bits per heavy atom. The Kier molecular flexibility index (Phi) is 7.77. The molecule has 0 N–H and O–H groups in total. The van der Waals surface area contributed by atoms with Crippen molar-refractivity contribution in [3.8, 4) is 0 Å². The fourth-order valence-electron chi connectivity index (χ4n) is 5.13. The van der Waals surface area contributed by atoms with Crippen LogP contribution in [0.3, 0.4) is 0 Å². The van der Waals surface area contributed by atoms with E-state index >= 15 is 0 Å². The van der Waals surface area contributed by atoms with Crippen LogP contribution in [0.5, 0.6) is 0 Å². The highest BCUT2D eigenvalue weighted by Crippen LogP contribution is 2.49. The molecular formula is C33H35NO4. The quantitative estimate of drug-likeness (QED) is 0.319. The second kappa shape index (κ2) is 11.4. The van der Waals surface area contributed by atoms with Crippen LogP contribution in [-0.4, -0.2) is 29.8 Å². The van der Waals surface area contributed by atoms with Gasteiger partial charge in [-0.15, -0.1) is 0 Å². The van der Waals surface area contributed by atoms with E-state index in [0.717, 1.165) is 33.5 Å². The normalized spacial score (nSPS) is 18.3. The Labute approximate surface area is 225 Å². The fourth-order valence-corrected chi connectivity index (χ4v) is 5.13. The SMILES string of the molecule is CC(C)(C)OC(=O)N1C(COCc2ccccc2)=C(COCc2ccccc2)[C@H]2C=Cc3ccccc3[C@H]21. The third kappa shape index (κ3) is 5.90. The minimum atomic E-state index is -0.626. The monoisotopic (exact) mass is 509 g/mol. The Hall–Kier alpha value is -3.67. The summed E-state index contributed by atoms with van der Waals surface area (Å²) in [5, 5.41) is 0. The maximum absolute atomic E-state index is 13.8. The maximum Gasteiger partial charge on any atom is 0.415 e. The molecule has 0 bridgehead atoms. The van der Waals surface area contributed by atoms with Crippen LogP contribution in [0.4, 0.5) is 4.79 Å². The zero-order valence-electron chi connectivity index (χ0n) is 22.3. The lowest BCUT2D eigenvalue weighted by atomic mass is 9.82. The van der Waals surface area contributed by atoms with Crippen molar-refractivity contribution in [2.45, 2.75) is 45.6 Å². The van der Waals surface area contributed by atoms with Crippen LogP contribution in [0, 0.1) is 5.92 Å². The summed E-state index contributed by atoms with van der Waals surface area (Å²) in [6, 6.07) is 28.2. The average molecular weight is 510 g/mol. The summed E-state index contributed by atoms with van der Waals surface area (Å²) in [7, 11) is 0. The zero-order chi connectivity index (χ0) is 26.5. The molecule has 0 saturated carbocycles. The molecule has 1 aliphatic heterocycles. The van der Waals surface area contributed by atoms with E-state index in [1.54, 1.807) is 0 Å². The van der Waals surface area contributed by atoms with Crippen molar-refractivity contribution >= 4 is 12.2 Å². The highest BCUT2D eigenvalue weighted by Gasteiger charge is 2.46. The van der Waals surface area contributed by atoms with E-state index in [-0.39, 0.29) is 24.7 Å². The summed E-state index contributed by atoms with van der Waals surface area (Å²) in [5.41, 5.74) is 5.65. The Morgan fingerprint density at radius 1 is 0.763 bits per heavy atom. The lowest BCUT2D eigenvalue weighted by Gasteiger charge is -2.34. The van der Waals surface area contributed by atoms with Crippen LogP contribution in [-0.2, 0) is 27.4 Å². The van der Waals surface area contributed by atoms with Crippen molar-refractivity contribution in [3.05, 3.63) is 125 Å². The number of benzene rings is 3. The standard InChI is InChI=1S/C33H35NO4/c1-33(2,3)38-32(35)34-30(23-37-21-25-14-8-5-9-15-25)29(22-36-20-24-12-6-4-7-13-24)28-19-18-26-16-10-11-17-27(26)31(28)34/h4-19,28,31H,20-23H2,1-3H3/t28-,31-/m1/s1. The Bertz CT molecular complexity index is 1310. The number of nitrogens with zero attached hydrogens (tertiary/aromatic N) is 1. The number of hydrogen-bond acceptors (Lipinski definition) is 4. The molecule has 0 spiro atoms. The van der Waals surface area contributed by atoms with Crippen molar-refractivity contribution in [2.75, 3.05) is 13.2 Å². The first-order valence-electron chi connectivity index (χ1n) is 13.2. The highest BCUT2D eigenvalue weighted by molar-refractivity contribution is 5.75. The minimum absolute atomic E-state index is 0.0245. The largest absolute Gasteiger partial charge is 0.443 e. The van der Waals surface area contributed by atoms with E-state index < -0.39 is 5.60 Å². The third-order valence-electron chi connectivity index (χ3n) is 6.79. The molecular weight excluding hydrogens is 474 g/mol. The Balaban J connectivity index is 1.48. The maximum atomic E-state index is 13.8. The van der Waals surface area contributed by atoms with Gasteiger partial charge in [-0.1, -0.05) is 97.1 Å². The first-order chi connectivity index (χ1) is 18.4. The predicted octanol–water partition coefficient (Wildman–Crippen LogP) is 7.31. The number of carbonyl (C=O) groups excluding carboxylic acids is 1. The lowest BCUT2D eigenvalue weighted by molar-refractivity contribution is 0.0197. The smallest absolute Gasteiger partial charge is 0.415 e. The van der Waals surface area contributed by atoms with Gasteiger partial charge in [-0.25, -0.2) is 4.79 Å². The molecule has 2 atom stereocenters. The van der Waals surface area contributed by atoms with Crippen LogP contribution in [0.15, 0.2) is 102 Å². The number of carbonyl (C=O) groups is 1. The van der Waals surface area contributed by atoms with Crippen LogP contribution < -0.4 is 0 Å². The lowest BCUT2D eigenvalue weighted by Crippen LogP contribution is -2.39. The molecule has 5 heteroatoms. The molecule has 0 unspecified atom stereocenters. The third-order valence-corrected chi connectivity index (χ3v) is 6.79. The number of rotatable bonds is 8. The average Bonchev–Trinajstić information content (AvgIpc) is 3.23. The molecule has 0 saturated heterocycles. The molecule has 5 nitrogen and oxygen atoms in total. The predicted molar refractivity (Wildman–Crippen MR) is 149 cm³/mol. The van der Waals surface area contributed by atoms with Crippen LogP contribution in [0.25, 0.3) is 6.08 Å². The van der Waals surface area contributed by atoms with Gasteiger partial charge >= 0.3 is 6.09 Å². The molecule has 5 rings (SSSR count). The number of fused-ring (bicyclic) bond motifs is 3. The number of hydrogen-bond donors (Lipinski definition) is 0. The number of amides is 1. The molecule has 2 aliphatic rings. The van der Waals surface area contributed by atoms with E-state index in [0.29, 0.717) is 19.8 Å². The summed E-state index contributed by atoms with van der Waals surface area (Å²) < 4.78 is 18.4. The van der Waals surface area contributed by atoms with Gasteiger partial charge in [0.2, 0.25) is 0 Å². The molecule has 1 amide bonds. The molecule has 38 heavy (non-hydrogen) atoms. The van der Waals surface area contributed by atoms with E-state index in [1.165, 1.54) is 0 Å². The van der Waals surface area contributed by atoms with Gasteiger partial charge in [0, 0.05) is 5.92 Å². The molecule has 196 valence electrons. The van der Waals surface area contributed by atoms with Crippen molar-refractivity contribution < 1.29 is 19.0 Å². The number of ether oxygens (including phenoxy) is 3. The van der Waals surface area contributed by atoms with Crippen molar-refractivity contribution in [3.63, 3.8) is 0 Å². The summed E-state index contributed by atoms with van der Waals surface area (Å²) in [6.45, 7) is 7.30. The van der Waals surface area contributed by atoms with Gasteiger partial charge in [0.15, 0.2) is 0 Å². The summed E-state index contributed by atoms with van der Waals surface area (Å²) in [5.74, 6) is -0.0245. The van der Waals surface area contributed by atoms with Crippen LogP contribution in [0.1, 0.15) is 49.1 Å². The topological polar surface area (TPSA) is 48.0 Å². The van der Waals surface area contributed by atoms with E-state index in [2.05, 4.69) is 36.4 Å². The van der Waals surface area contributed by atoms with Gasteiger partial charge in [0.1, 0.15) is 5.60 Å². The Morgan fingerprint density at radius 3 is 1.97 bits per heavy atom. The summed E-state index contributed by atoms with van der Waals surface area (Å²) in [6.07, 6.45) is 3.97. The van der Waals surface area contributed by atoms with Gasteiger partial charge < -0.3 is 14.2 Å². The molecule has 3 aromatic rings. The molecule has 0 fully saturated rings. The van der Waals surface area contributed by atoms with Crippen molar-refractivity contribution in [1.29, 1.82) is 0 Å². The van der Waals surface area contributed by atoms with E-state index in [9.17, 15) is 4.79 Å². The second-order valence-electron chi connectivity index (χ2n) is 10.7. The highest BCUT2D eigenvalue weighted by atomic mass is 16.6. The zero-order valence-corrected chi connectivity index (χ0v) is 22.3. The van der Waals surface area contributed by atoms with Gasteiger partial charge in [0.25, 0.3) is 0 Å². The van der Waals surface area contributed by atoms with Crippen LogP contribution in [0.2, 0.25) is 0 Å². The van der Waals surface area contributed by atoms with Crippen LogP contribution >= 0.6 is 0 Å². The van der Waals surface area contributed by atoms with E-state index in [1.807, 2.05) is 86.3 Å². The van der Waals surface area contributed by atoms with Crippen molar-refractivity contribution in [2.24, 2.45) is 5.92 Å².